The average molecular weight is 209 g/mol. The number of aldehydes is 1. The predicted octanol–water partition coefficient (Wildman–Crippen LogP) is 1.04. The summed E-state index contributed by atoms with van der Waals surface area (Å²) in [6.07, 6.45) is 4.51. The first-order chi connectivity index (χ1) is 7.35. The molecule has 0 N–H and O–H groups in total. The Kier molecular flexibility index (Phi) is 3.11. The van der Waals surface area contributed by atoms with Crippen LogP contribution < -0.4 is 0 Å². The minimum absolute atomic E-state index is 0.395. The Bertz CT molecular complexity index is 344. The van der Waals surface area contributed by atoms with E-state index < -0.39 is 0 Å². The number of carbonyl (C=O) groups is 1. The van der Waals surface area contributed by atoms with Crippen LogP contribution in [0.1, 0.15) is 35.4 Å². The summed E-state index contributed by atoms with van der Waals surface area (Å²) >= 11 is 0. The molecule has 1 heterocycles. The number of methoxy groups -OCH3 is 1. The molecule has 0 bridgehead atoms. The van der Waals surface area contributed by atoms with Gasteiger partial charge < -0.3 is 4.74 Å². The van der Waals surface area contributed by atoms with Gasteiger partial charge in [-0.3, -0.25) is 4.79 Å². The molecular formula is C10H15N3O2. The van der Waals surface area contributed by atoms with Crippen LogP contribution in [0.2, 0.25) is 0 Å². The van der Waals surface area contributed by atoms with Crippen molar-refractivity contribution in [2.24, 2.45) is 5.92 Å². The summed E-state index contributed by atoms with van der Waals surface area (Å²) in [5.41, 5.74) is 1.18. The van der Waals surface area contributed by atoms with E-state index in [-0.39, 0.29) is 0 Å². The third kappa shape index (κ3) is 2.41. The molecule has 0 aliphatic heterocycles. The monoisotopic (exact) mass is 209 g/mol. The van der Waals surface area contributed by atoms with Crippen molar-refractivity contribution in [2.45, 2.75) is 32.4 Å². The molecule has 82 valence electrons. The number of rotatable bonds is 6. The topological polar surface area (TPSA) is 57.0 Å². The molecule has 1 aliphatic carbocycles. The lowest BCUT2D eigenvalue weighted by molar-refractivity contribution is 0.111. The van der Waals surface area contributed by atoms with Crippen molar-refractivity contribution < 1.29 is 9.53 Å². The molecule has 2 rings (SSSR count). The highest BCUT2D eigenvalue weighted by atomic mass is 16.5. The number of nitrogens with zero attached hydrogens (tertiary/aromatic N) is 3. The van der Waals surface area contributed by atoms with Gasteiger partial charge in [-0.15, -0.1) is 5.10 Å². The van der Waals surface area contributed by atoms with Crippen molar-refractivity contribution in [1.82, 2.24) is 15.0 Å². The fourth-order valence-electron chi connectivity index (χ4n) is 1.61. The van der Waals surface area contributed by atoms with Crippen LogP contribution in [0, 0.1) is 5.92 Å². The molecule has 0 saturated heterocycles. The second-order valence-electron chi connectivity index (χ2n) is 3.93. The molecule has 1 aromatic heterocycles. The Morgan fingerprint density at radius 2 is 2.40 bits per heavy atom. The maximum atomic E-state index is 10.7. The van der Waals surface area contributed by atoms with Crippen molar-refractivity contribution in [3.05, 3.63) is 11.4 Å². The SMILES string of the molecule is COCc1c(C=O)nnn1CCC1CC1. The van der Waals surface area contributed by atoms with E-state index in [4.69, 9.17) is 4.74 Å². The van der Waals surface area contributed by atoms with E-state index in [1.54, 1.807) is 11.8 Å². The summed E-state index contributed by atoms with van der Waals surface area (Å²) < 4.78 is 6.82. The molecule has 1 fully saturated rings. The molecule has 5 heteroatoms. The largest absolute Gasteiger partial charge is 0.378 e. The highest BCUT2D eigenvalue weighted by molar-refractivity contribution is 5.73. The van der Waals surface area contributed by atoms with Crippen molar-refractivity contribution in [1.29, 1.82) is 0 Å². The van der Waals surface area contributed by atoms with Gasteiger partial charge in [0.05, 0.1) is 12.3 Å². The van der Waals surface area contributed by atoms with Gasteiger partial charge in [0, 0.05) is 13.7 Å². The molecule has 1 aromatic rings. The molecule has 0 spiro atoms. The maximum absolute atomic E-state index is 10.7. The van der Waals surface area contributed by atoms with Crippen molar-refractivity contribution >= 4 is 6.29 Å². The number of aryl methyl sites for hydroxylation is 1. The van der Waals surface area contributed by atoms with Gasteiger partial charge in [0.1, 0.15) is 0 Å². The zero-order valence-electron chi connectivity index (χ0n) is 8.85. The second-order valence-corrected chi connectivity index (χ2v) is 3.93. The van der Waals surface area contributed by atoms with E-state index >= 15 is 0 Å². The Morgan fingerprint density at radius 1 is 1.60 bits per heavy atom. The van der Waals surface area contributed by atoms with Crippen LogP contribution >= 0.6 is 0 Å². The van der Waals surface area contributed by atoms with Crippen LogP contribution in [0.5, 0.6) is 0 Å². The molecule has 0 atom stereocenters. The number of aromatic nitrogens is 3. The molecule has 5 nitrogen and oxygen atoms in total. The zero-order chi connectivity index (χ0) is 10.7. The highest BCUT2D eigenvalue weighted by Crippen LogP contribution is 2.32. The smallest absolute Gasteiger partial charge is 0.172 e. The molecule has 0 radical (unpaired) electrons. The second kappa shape index (κ2) is 4.53. The van der Waals surface area contributed by atoms with E-state index in [1.807, 2.05) is 0 Å². The first kappa shape index (κ1) is 10.3. The fourth-order valence-corrected chi connectivity index (χ4v) is 1.61. The summed E-state index contributed by atoms with van der Waals surface area (Å²) in [6.45, 7) is 1.23. The molecule has 0 amide bonds. The van der Waals surface area contributed by atoms with Crippen LogP contribution in [0.15, 0.2) is 0 Å². The predicted molar refractivity (Wildman–Crippen MR) is 53.5 cm³/mol. The van der Waals surface area contributed by atoms with Crippen LogP contribution in [-0.2, 0) is 17.9 Å². The van der Waals surface area contributed by atoms with Gasteiger partial charge in [-0.05, 0) is 12.3 Å². The van der Waals surface area contributed by atoms with Crippen LogP contribution in [-0.4, -0.2) is 28.4 Å². The van der Waals surface area contributed by atoms with Gasteiger partial charge in [0.2, 0.25) is 0 Å². The molecule has 15 heavy (non-hydrogen) atoms. The summed E-state index contributed by atoms with van der Waals surface area (Å²) in [5, 5.41) is 7.78. The molecule has 0 aromatic carbocycles. The first-order valence-corrected chi connectivity index (χ1v) is 5.21. The van der Waals surface area contributed by atoms with E-state index in [2.05, 4.69) is 10.3 Å². The Labute approximate surface area is 88.4 Å². The molecule has 1 saturated carbocycles. The van der Waals surface area contributed by atoms with Crippen molar-refractivity contribution in [3.63, 3.8) is 0 Å². The number of hydrogen-bond donors (Lipinski definition) is 0. The third-order valence-corrected chi connectivity index (χ3v) is 2.71. The van der Waals surface area contributed by atoms with E-state index in [0.717, 1.165) is 30.9 Å². The Morgan fingerprint density at radius 3 is 3.00 bits per heavy atom. The molecular weight excluding hydrogens is 194 g/mol. The quantitative estimate of drug-likeness (QED) is 0.657. The summed E-state index contributed by atoms with van der Waals surface area (Å²) in [4.78, 5) is 10.7. The average Bonchev–Trinajstić information content (AvgIpc) is 2.99. The van der Waals surface area contributed by atoms with E-state index in [0.29, 0.717) is 12.3 Å². The van der Waals surface area contributed by atoms with E-state index in [9.17, 15) is 4.79 Å². The lowest BCUT2D eigenvalue weighted by Gasteiger charge is -2.04. The first-order valence-electron chi connectivity index (χ1n) is 5.21. The number of carbonyl (C=O) groups excluding carboxylic acids is 1. The van der Waals surface area contributed by atoms with Gasteiger partial charge in [-0.1, -0.05) is 18.1 Å². The summed E-state index contributed by atoms with van der Waals surface area (Å²) in [7, 11) is 1.60. The number of hydrogen-bond acceptors (Lipinski definition) is 4. The lowest BCUT2D eigenvalue weighted by Crippen LogP contribution is -2.07. The normalized spacial score (nSPS) is 15.5. The van der Waals surface area contributed by atoms with E-state index in [1.165, 1.54) is 12.8 Å². The van der Waals surface area contributed by atoms with Gasteiger partial charge in [0.25, 0.3) is 0 Å². The van der Waals surface area contributed by atoms with Crippen molar-refractivity contribution in [2.75, 3.05) is 7.11 Å². The minimum Gasteiger partial charge on any atom is -0.378 e. The molecule has 1 aliphatic rings. The van der Waals surface area contributed by atoms with Crippen LogP contribution in [0.25, 0.3) is 0 Å². The van der Waals surface area contributed by atoms with Crippen molar-refractivity contribution in [3.8, 4) is 0 Å². The Hall–Kier alpha value is -1.23. The zero-order valence-corrected chi connectivity index (χ0v) is 8.85. The lowest BCUT2D eigenvalue weighted by atomic mass is 10.3. The Balaban J connectivity index is 2.05. The number of ether oxygens (including phenoxy) is 1. The van der Waals surface area contributed by atoms with Gasteiger partial charge in [0.15, 0.2) is 12.0 Å². The van der Waals surface area contributed by atoms with Gasteiger partial charge in [-0.25, -0.2) is 4.68 Å². The standard InChI is InChI=1S/C10H15N3O2/c1-15-7-10-9(6-14)11-12-13(10)5-4-8-2-3-8/h6,8H,2-5,7H2,1H3. The fraction of sp³-hybridized carbons (Fsp3) is 0.700. The molecule has 0 unspecified atom stereocenters. The highest BCUT2D eigenvalue weighted by Gasteiger charge is 2.22. The van der Waals surface area contributed by atoms with Crippen LogP contribution in [0.4, 0.5) is 0 Å². The van der Waals surface area contributed by atoms with Gasteiger partial charge >= 0.3 is 0 Å². The summed E-state index contributed by atoms with van der Waals surface area (Å²) in [5.74, 6) is 0.851. The van der Waals surface area contributed by atoms with Crippen LogP contribution in [0.3, 0.4) is 0 Å². The minimum atomic E-state index is 0.395. The summed E-state index contributed by atoms with van der Waals surface area (Å²) in [6, 6.07) is 0. The maximum Gasteiger partial charge on any atom is 0.172 e. The van der Waals surface area contributed by atoms with Gasteiger partial charge in [-0.2, -0.15) is 0 Å². The third-order valence-electron chi connectivity index (χ3n) is 2.71.